The van der Waals surface area contributed by atoms with Gasteiger partial charge in [0.25, 0.3) is 5.91 Å². The van der Waals surface area contributed by atoms with Crippen molar-refractivity contribution in [1.82, 2.24) is 10.3 Å². The van der Waals surface area contributed by atoms with Gasteiger partial charge >= 0.3 is 6.16 Å². The number of halogens is 1. The molecular weight excluding hydrogens is 262 g/mol. The van der Waals surface area contributed by atoms with E-state index in [9.17, 15) is 9.59 Å². The number of hydrogen-bond donors (Lipinski definition) is 1. The average Bonchev–Trinajstić information content (AvgIpc) is 2.94. The van der Waals surface area contributed by atoms with Gasteiger partial charge < -0.3 is 14.9 Å². The van der Waals surface area contributed by atoms with Crippen molar-refractivity contribution in [2.24, 2.45) is 5.10 Å². The Hall–Kier alpha value is -1.76. The standard InChI is InChI=1S/C10H12ClN3O4/c1-5-7(11)9(18-10(16)17-2)14(8(5)15)6-3-4-12-13-6/h9,12H,3-4H2,1-2H3. The van der Waals surface area contributed by atoms with E-state index in [1.54, 1.807) is 6.92 Å². The Morgan fingerprint density at radius 1 is 1.61 bits per heavy atom. The second kappa shape index (κ2) is 4.85. The van der Waals surface area contributed by atoms with Crippen LogP contribution in [0.25, 0.3) is 0 Å². The number of nitrogens with zero attached hydrogens (tertiary/aromatic N) is 2. The van der Waals surface area contributed by atoms with Crippen molar-refractivity contribution in [3.63, 3.8) is 0 Å². The van der Waals surface area contributed by atoms with Crippen LogP contribution in [0.1, 0.15) is 13.3 Å². The highest BCUT2D eigenvalue weighted by Crippen LogP contribution is 2.31. The first-order chi connectivity index (χ1) is 8.56. The molecule has 8 heteroatoms. The Balaban J connectivity index is 2.26. The lowest BCUT2D eigenvalue weighted by Gasteiger charge is -2.23. The van der Waals surface area contributed by atoms with Crippen molar-refractivity contribution >= 4 is 29.5 Å². The maximum Gasteiger partial charge on any atom is 0.510 e. The summed E-state index contributed by atoms with van der Waals surface area (Å²) in [5.74, 6) is 0.167. The van der Waals surface area contributed by atoms with Crippen molar-refractivity contribution in [2.45, 2.75) is 19.6 Å². The molecule has 7 nitrogen and oxygen atoms in total. The summed E-state index contributed by atoms with van der Waals surface area (Å²) in [5, 5.41) is 4.14. The normalized spacial score (nSPS) is 23.1. The zero-order valence-corrected chi connectivity index (χ0v) is 10.7. The summed E-state index contributed by atoms with van der Waals surface area (Å²) < 4.78 is 9.39. The van der Waals surface area contributed by atoms with Gasteiger partial charge in [-0.05, 0) is 6.92 Å². The summed E-state index contributed by atoms with van der Waals surface area (Å²) in [4.78, 5) is 24.5. The summed E-state index contributed by atoms with van der Waals surface area (Å²) in [6.07, 6.45) is -1.34. The Morgan fingerprint density at radius 2 is 2.33 bits per heavy atom. The molecule has 2 rings (SSSR count). The Kier molecular flexibility index (Phi) is 3.42. The third kappa shape index (κ3) is 2.01. The molecule has 98 valence electrons. The van der Waals surface area contributed by atoms with Crippen LogP contribution in [0.3, 0.4) is 0 Å². The highest BCUT2D eigenvalue weighted by molar-refractivity contribution is 6.34. The van der Waals surface area contributed by atoms with Crippen molar-refractivity contribution in [2.75, 3.05) is 13.7 Å². The SMILES string of the molecule is COC(=O)OC1C(Cl)=C(C)C(=O)N1C1=NNCC1. The lowest BCUT2D eigenvalue weighted by Crippen LogP contribution is -2.42. The van der Waals surface area contributed by atoms with Gasteiger partial charge in [-0.1, -0.05) is 11.6 Å². The van der Waals surface area contributed by atoms with Gasteiger partial charge in [-0.15, -0.1) is 0 Å². The minimum absolute atomic E-state index is 0.167. The van der Waals surface area contributed by atoms with E-state index in [-0.39, 0.29) is 10.9 Å². The number of carbonyl (C=O) groups excluding carboxylic acids is 2. The minimum Gasteiger partial charge on any atom is -0.438 e. The van der Waals surface area contributed by atoms with Crippen LogP contribution >= 0.6 is 11.6 Å². The van der Waals surface area contributed by atoms with Crippen LogP contribution in [0.5, 0.6) is 0 Å². The fraction of sp³-hybridized carbons (Fsp3) is 0.500. The van der Waals surface area contributed by atoms with Crippen LogP contribution in [0.2, 0.25) is 0 Å². The third-order valence-electron chi connectivity index (χ3n) is 2.67. The van der Waals surface area contributed by atoms with E-state index in [1.807, 2.05) is 0 Å². The lowest BCUT2D eigenvalue weighted by molar-refractivity contribution is -0.127. The third-order valence-corrected chi connectivity index (χ3v) is 3.14. The zero-order valence-electron chi connectivity index (χ0n) is 9.90. The molecule has 18 heavy (non-hydrogen) atoms. The van der Waals surface area contributed by atoms with Crippen molar-refractivity contribution in [3.05, 3.63) is 10.6 Å². The molecule has 0 bridgehead atoms. The van der Waals surface area contributed by atoms with Crippen molar-refractivity contribution < 1.29 is 19.1 Å². The van der Waals surface area contributed by atoms with Gasteiger partial charge in [0.1, 0.15) is 5.84 Å². The van der Waals surface area contributed by atoms with E-state index >= 15 is 0 Å². The number of rotatable bonds is 1. The summed E-state index contributed by atoms with van der Waals surface area (Å²) in [6, 6.07) is 0. The molecule has 0 saturated carbocycles. The fourth-order valence-corrected chi connectivity index (χ4v) is 1.95. The van der Waals surface area contributed by atoms with E-state index in [0.29, 0.717) is 24.4 Å². The van der Waals surface area contributed by atoms with Crippen LogP contribution in [0.4, 0.5) is 4.79 Å². The van der Waals surface area contributed by atoms with Gasteiger partial charge in [-0.2, -0.15) is 5.10 Å². The largest absolute Gasteiger partial charge is 0.510 e. The zero-order chi connectivity index (χ0) is 13.3. The van der Waals surface area contributed by atoms with E-state index in [1.165, 1.54) is 12.0 Å². The lowest BCUT2D eigenvalue weighted by atomic mass is 10.3. The number of amides is 1. The van der Waals surface area contributed by atoms with E-state index in [0.717, 1.165) is 0 Å². The minimum atomic E-state index is -0.995. The quantitative estimate of drug-likeness (QED) is 0.714. The second-order valence-electron chi connectivity index (χ2n) is 3.76. The first-order valence-electron chi connectivity index (χ1n) is 5.30. The predicted molar refractivity (Wildman–Crippen MR) is 62.7 cm³/mol. The maximum absolute atomic E-state index is 12.0. The molecule has 0 aromatic rings. The second-order valence-corrected chi connectivity index (χ2v) is 4.17. The first kappa shape index (κ1) is 12.7. The molecule has 0 saturated heterocycles. The van der Waals surface area contributed by atoms with Gasteiger partial charge in [0.05, 0.1) is 12.1 Å². The van der Waals surface area contributed by atoms with Gasteiger partial charge in [0, 0.05) is 18.5 Å². The Morgan fingerprint density at radius 3 is 2.89 bits per heavy atom. The molecule has 2 aliphatic rings. The first-order valence-corrected chi connectivity index (χ1v) is 5.68. The van der Waals surface area contributed by atoms with Gasteiger partial charge in [-0.3, -0.25) is 9.69 Å². The van der Waals surface area contributed by atoms with Gasteiger partial charge in [0.15, 0.2) is 0 Å². The molecule has 1 N–H and O–H groups in total. The topological polar surface area (TPSA) is 80.2 Å². The summed E-state index contributed by atoms with van der Waals surface area (Å²) in [7, 11) is 1.18. The molecule has 0 spiro atoms. The van der Waals surface area contributed by atoms with Crippen molar-refractivity contribution in [1.29, 1.82) is 0 Å². The Bertz CT molecular complexity index is 460. The number of methoxy groups -OCH3 is 1. The number of nitrogens with one attached hydrogen (secondary N) is 1. The monoisotopic (exact) mass is 273 g/mol. The van der Waals surface area contributed by atoms with Crippen LogP contribution in [-0.2, 0) is 14.3 Å². The van der Waals surface area contributed by atoms with Crippen LogP contribution in [0.15, 0.2) is 15.7 Å². The highest BCUT2D eigenvalue weighted by atomic mass is 35.5. The van der Waals surface area contributed by atoms with E-state index in [2.05, 4.69) is 15.3 Å². The maximum atomic E-state index is 12.0. The number of hydrazone groups is 1. The van der Waals surface area contributed by atoms with Crippen LogP contribution < -0.4 is 5.43 Å². The molecule has 1 amide bonds. The fourth-order valence-electron chi connectivity index (χ4n) is 1.73. The molecule has 0 radical (unpaired) electrons. The molecule has 2 heterocycles. The molecular formula is C10H12ClN3O4. The number of amidine groups is 1. The number of ether oxygens (including phenoxy) is 2. The molecule has 0 aliphatic carbocycles. The van der Waals surface area contributed by atoms with Crippen molar-refractivity contribution in [3.8, 4) is 0 Å². The summed E-state index contributed by atoms with van der Waals surface area (Å²) >= 11 is 6.01. The number of carbonyl (C=O) groups is 2. The van der Waals surface area contributed by atoms with E-state index < -0.39 is 12.4 Å². The highest BCUT2D eigenvalue weighted by Gasteiger charge is 2.42. The summed E-state index contributed by atoms with van der Waals surface area (Å²) in [5.41, 5.74) is 3.08. The molecule has 1 unspecified atom stereocenters. The van der Waals surface area contributed by atoms with Gasteiger partial charge in [-0.25, -0.2) is 4.79 Å². The Labute approximate surface area is 108 Å². The van der Waals surface area contributed by atoms with E-state index in [4.69, 9.17) is 16.3 Å². The average molecular weight is 274 g/mol. The molecule has 2 aliphatic heterocycles. The van der Waals surface area contributed by atoms with Gasteiger partial charge in [0.2, 0.25) is 6.23 Å². The predicted octanol–water partition coefficient (Wildman–Crippen LogP) is 0.757. The van der Waals surface area contributed by atoms with Crippen LogP contribution in [-0.4, -0.2) is 42.7 Å². The molecule has 0 fully saturated rings. The smallest absolute Gasteiger partial charge is 0.438 e. The number of hydrogen-bond acceptors (Lipinski definition) is 6. The van der Waals surface area contributed by atoms with Crippen LogP contribution in [0, 0.1) is 0 Å². The summed E-state index contributed by atoms with van der Waals surface area (Å²) in [6.45, 7) is 2.20. The molecule has 1 atom stereocenters. The molecule has 0 aromatic carbocycles. The molecule has 0 aromatic heterocycles.